The van der Waals surface area contributed by atoms with Crippen molar-refractivity contribution in [2.75, 3.05) is 5.32 Å². The number of amides is 1. The summed E-state index contributed by atoms with van der Waals surface area (Å²) in [5.41, 5.74) is 0.187. The van der Waals surface area contributed by atoms with Crippen LogP contribution in [0.25, 0.3) is 0 Å². The number of H-pyrrole nitrogens is 1. The third kappa shape index (κ3) is 3.86. The fourth-order valence-electron chi connectivity index (χ4n) is 2.12. The summed E-state index contributed by atoms with van der Waals surface area (Å²) in [5, 5.41) is 13.6. The lowest BCUT2D eigenvalue weighted by atomic mass is 10.2. The number of aromatic amines is 1. The molecule has 0 spiro atoms. The second kappa shape index (κ2) is 7.32. The van der Waals surface area contributed by atoms with Crippen LogP contribution in [0.3, 0.4) is 0 Å². The van der Waals surface area contributed by atoms with Crippen molar-refractivity contribution in [3.63, 3.8) is 0 Å². The van der Waals surface area contributed by atoms with Gasteiger partial charge in [0.25, 0.3) is 11.5 Å². The van der Waals surface area contributed by atoms with Gasteiger partial charge in [-0.15, -0.1) is 5.11 Å². The number of rotatable bonds is 4. The minimum absolute atomic E-state index is 0.0702. The van der Waals surface area contributed by atoms with Crippen molar-refractivity contribution in [1.29, 1.82) is 0 Å². The van der Waals surface area contributed by atoms with Crippen molar-refractivity contribution < 1.29 is 9.18 Å². The van der Waals surface area contributed by atoms with Crippen molar-refractivity contribution in [2.24, 2.45) is 17.3 Å². The number of halogens is 2. The van der Waals surface area contributed by atoms with Gasteiger partial charge < -0.3 is 5.32 Å². The van der Waals surface area contributed by atoms with Crippen LogP contribution >= 0.6 is 11.6 Å². The molecule has 132 valence electrons. The number of carbonyl (C=O) groups excluding carboxylic acids is 1. The first-order chi connectivity index (χ1) is 12.4. The summed E-state index contributed by atoms with van der Waals surface area (Å²) >= 11 is 5.80. The Morgan fingerprint density at radius 3 is 2.42 bits per heavy atom. The number of hydrogen-bond acceptors (Lipinski definition) is 4. The number of hydrogen-bond donors (Lipinski definition) is 2. The standard InChI is InChI=1S/C17H13ClFN5O2/c1-24-17(26)14(22-21-13-8-6-12(19)7-9-13)15(23-24)20-16(25)10-2-4-11(18)5-3-10/h2-9,23H,1H3,(H,20,25). The first-order valence-corrected chi connectivity index (χ1v) is 7.85. The molecule has 26 heavy (non-hydrogen) atoms. The van der Waals surface area contributed by atoms with Crippen LogP contribution < -0.4 is 10.9 Å². The van der Waals surface area contributed by atoms with Crippen molar-refractivity contribution >= 4 is 34.7 Å². The van der Waals surface area contributed by atoms with Crippen LogP contribution in [-0.2, 0) is 7.05 Å². The van der Waals surface area contributed by atoms with E-state index in [0.717, 1.165) is 4.68 Å². The van der Waals surface area contributed by atoms with Gasteiger partial charge in [-0.25, -0.2) is 4.39 Å². The van der Waals surface area contributed by atoms with Gasteiger partial charge in [0, 0.05) is 17.6 Å². The van der Waals surface area contributed by atoms with E-state index in [1.54, 1.807) is 24.3 Å². The molecule has 2 aromatic carbocycles. The third-order valence-corrected chi connectivity index (χ3v) is 3.71. The molecule has 1 heterocycles. The van der Waals surface area contributed by atoms with E-state index in [9.17, 15) is 14.0 Å². The number of azo groups is 1. The minimum atomic E-state index is -0.470. The highest BCUT2D eigenvalue weighted by Gasteiger charge is 2.16. The van der Waals surface area contributed by atoms with Gasteiger partial charge in [-0.3, -0.25) is 19.4 Å². The lowest BCUT2D eigenvalue weighted by Gasteiger charge is -2.03. The molecule has 7 nitrogen and oxygen atoms in total. The number of aryl methyl sites for hydroxylation is 1. The van der Waals surface area contributed by atoms with E-state index < -0.39 is 17.3 Å². The smallest absolute Gasteiger partial charge is 0.296 e. The van der Waals surface area contributed by atoms with Crippen LogP contribution in [0.5, 0.6) is 0 Å². The topological polar surface area (TPSA) is 91.6 Å². The maximum atomic E-state index is 12.9. The van der Waals surface area contributed by atoms with Gasteiger partial charge in [0.05, 0.1) is 5.69 Å². The summed E-state index contributed by atoms with van der Waals surface area (Å²) in [6.45, 7) is 0. The Morgan fingerprint density at radius 2 is 1.77 bits per heavy atom. The zero-order valence-corrected chi connectivity index (χ0v) is 14.3. The number of aromatic nitrogens is 2. The van der Waals surface area contributed by atoms with Gasteiger partial charge in [0.1, 0.15) is 5.82 Å². The summed E-state index contributed by atoms with van der Waals surface area (Å²) in [6, 6.07) is 11.6. The number of nitrogens with zero attached hydrogens (tertiary/aromatic N) is 3. The monoisotopic (exact) mass is 373 g/mol. The van der Waals surface area contributed by atoms with Crippen LogP contribution in [-0.4, -0.2) is 15.7 Å². The van der Waals surface area contributed by atoms with E-state index in [-0.39, 0.29) is 11.5 Å². The first kappa shape index (κ1) is 17.6. The van der Waals surface area contributed by atoms with Crippen LogP contribution in [0.4, 0.5) is 21.6 Å². The molecule has 0 aliphatic carbocycles. The van der Waals surface area contributed by atoms with Gasteiger partial charge in [-0.1, -0.05) is 11.6 Å². The first-order valence-electron chi connectivity index (χ1n) is 7.47. The Balaban J connectivity index is 1.87. The Hall–Kier alpha value is -3.26. The molecule has 0 unspecified atom stereocenters. The molecule has 1 aromatic heterocycles. The molecule has 0 saturated heterocycles. The minimum Gasteiger partial charge on any atom is -0.305 e. The third-order valence-electron chi connectivity index (χ3n) is 3.46. The SMILES string of the molecule is Cn1[nH]c(NC(=O)c2ccc(Cl)cc2)c(N=Nc2ccc(F)cc2)c1=O. The highest BCUT2D eigenvalue weighted by Crippen LogP contribution is 2.22. The average molecular weight is 374 g/mol. The summed E-state index contributed by atoms with van der Waals surface area (Å²) in [6.07, 6.45) is 0. The van der Waals surface area contributed by atoms with Crippen LogP contribution in [0.15, 0.2) is 63.6 Å². The molecule has 0 aliphatic heterocycles. The molecular weight excluding hydrogens is 361 g/mol. The van der Waals surface area contributed by atoms with E-state index in [1.807, 2.05) is 0 Å². The molecule has 3 rings (SSSR count). The van der Waals surface area contributed by atoms with Crippen molar-refractivity contribution in [3.05, 3.63) is 75.3 Å². The zero-order valence-electron chi connectivity index (χ0n) is 13.5. The van der Waals surface area contributed by atoms with Crippen LogP contribution in [0, 0.1) is 5.82 Å². The normalized spacial score (nSPS) is 11.0. The Kier molecular flexibility index (Phi) is 4.94. The van der Waals surface area contributed by atoms with Crippen molar-refractivity contribution in [3.8, 4) is 0 Å². The summed E-state index contributed by atoms with van der Waals surface area (Å²) in [4.78, 5) is 24.5. The Bertz CT molecular complexity index is 1020. The van der Waals surface area contributed by atoms with Gasteiger partial charge >= 0.3 is 0 Å². The van der Waals surface area contributed by atoms with E-state index >= 15 is 0 Å². The molecule has 0 aliphatic rings. The molecule has 9 heteroatoms. The van der Waals surface area contributed by atoms with Gasteiger partial charge in [0.2, 0.25) is 0 Å². The fourth-order valence-corrected chi connectivity index (χ4v) is 2.25. The molecule has 1 amide bonds. The molecule has 0 saturated carbocycles. The van der Waals surface area contributed by atoms with E-state index in [2.05, 4.69) is 20.6 Å². The number of anilines is 1. The van der Waals surface area contributed by atoms with Gasteiger partial charge in [-0.2, -0.15) is 5.11 Å². The van der Waals surface area contributed by atoms with E-state index in [1.165, 1.54) is 31.3 Å². The summed E-state index contributed by atoms with van der Waals surface area (Å²) in [5.74, 6) is -0.748. The number of benzene rings is 2. The van der Waals surface area contributed by atoms with Crippen LogP contribution in [0.2, 0.25) is 5.02 Å². The Labute approximate surface area is 152 Å². The molecule has 0 radical (unpaired) electrons. The number of carbonyl (C=O) groups is 1. The maximum absolute atomic E-state index is 12.9. The Morgan fingerprint density at radius 1 is 1.12 bits per heavy atom. The molecule has 0 atom stereocenters. The second-order valence-electron chi connectivity index (χ2n) is 5.34. The van der Waals surface area contributed by atoms with Crippen molar-refractivity contribution in [2.45, 2.75) is 0 Å². The van der Waals surface area contributed by atoms with E-state index in [4.69, 9.17) is 11.6 Å². The summed E-state index contributed by atoms with van der Waals surface area (Å²) < 4.78 is 14.1. The molecule has 0 bridgehead atoms. The van der Waals surface area contributed by atoms with E-state index in [0.29, 0.717) is 16.3 Å². The van der Waals surface area contributed by atoms with Crippen LogP contribution in [0.1, 0.15) is 10.4 Å². The lowest BCUT2D eigenvalue weighted by molar-refractivity contribution is 0.102. The maximum Gasteiger partial charge on any atom is 0.296 e. The predicted octanol–water partition coefficient (Wildman–Crippen LogP) is 4.17. The lowest BCUT2D eigenvalue weighted by Crippen LogP contribution is -2.12. The van der Waals surface area contributed by atoms with Gasteiger partial charge in [0.15, 0.2) is 11.5 Å². The molecule has 0 fully saturated rings. The predicted molar refractivity (Wildman–Crippen MR) is 96.0 cm³/mol. The quantitative estimate of drug-likeness (QED) is 0.672. The second-order valence-corrected chi connectivity index (χ2v) is 5.77. The largest absolute Gasteiger partial charge is 0.305 e. The fraction of sp³-hybridized carbons (Fsp3) is 0.0588. The summed E-state index contributed by atoms with van der Waals surface area (Å²) in [7, 11) is 1.48. The highest BCUT2D eigenvalue weighted by molar-refractivity contribution is 6.30. The molecule has 2 N–H and O–H groups in total. The van der Waals surface area contributed by atoms with Crippen molar-refractivity contribution in [1.82, 2.24) is 9.78 Å². The molecule has 3 aromatic rings. The molecular formula is C17H13ClFN5O2. The highest BCUT2D eigenvalue weighted by atomic mass is 35.5. The number of nitrogens with one attached hydrogen (secondary N) is 2. The average Bonchev–Trinajstić information content (AvgIpc) is 2.88. The zero-order chi connectivity index (χ0) is 18.7. The van der Waals surface area contributed by atoms with Gasteiger partial charge in [-0.05, 0) is 48.5 Å².